The van der Waals surface area contributed by atoms with E-state index in [9.17, 15) is 10.2 Å². The van der Waals surface area contributed by atoms with E-state index < -0.39 is 6.29 Å². The molecular formula is C11H11NO3. The van der Waals surface area contributed by atoms with Crippen LogP contribution in [0.15, 0.2) is 30.3 Å². The van der Waals surface area contributed by atoms with Crippen molar-refractivity contribution >= 4 is 10.8 Å². The van der Waals surface area contributed by atoms with E-state index in [-0.39, 0.29) is 5.69 Å². The molecule has 2 N–H and O–H groups in total. The number of methoxy groups -OCH3 is 1. The molecule has 0 aliphatic heterocycles. The van der Waals surface area contributed by atoms with Crippen LogP contribution in [0.2, 0.25) is 0 Å². The van der Waals surface area contributed by atoms with Crippen LogP contribution in [0.1, 0.15) is 12.0 Å². The van der Waals surface area contributed by atoms with E-state index in [1.807, 2.05) is 18.2 Å². The Labute approximate surface area is 86.8 Å². The van der Waals surface area contributed by atoms with Crippen LogP contribution in [0.25, 0.3) is 10.8 Å². The summed E-state index contributed by atoms with van der Waals surface area (Å²) < 4.78 is 4.98. The van der Waals surface area contributed by atoms with Gasteiger partial charge in [-0.3, -0.25) is 0 Å². The molecule has 1 heterocycles. The topological polar surface area (TPSA) is 62.6 Å². The van der Waals surface area contributed by atoms with Crippen molar-refractivity contribution in [3.8, 4) is 5.88 Å². The second kappa shape index (κ2) is 3.84. The number of rotatable bonds is 2. The molecule has 78 valence electrons. The van der Waals surface area contributed by atoms with Crippen molar-refractivity contribution in [3.05, 3.63) is 36.0 Å². The van der Waals surface area contributed by atoms with Gasteiger partial charge in [-0.1, -0.05) is 24.3 Å². The summed E-state index contributed by atoms with van der Waals surface area (Å²) in [6, 6.07) is 9.10. The van der Waals surface area contributed by atoms with E-state index in [1.165, 1.54) is 7.11 Å². The van der Waals surface area contributed by atoms with Gasteiger partial charge in [0.25, 0.3) is 0 Å². The number of hydrogen-bond donors (Lipinski definition) is 2. The number of hydrogen-bond acceptors (Lipinski definition) is 4. The smallest absolute Gasteiger partial charge is 0.213 e. The first-order valence-electron chi connectivity index (χ1n) is 4.52. The maximum atomic E-state index is 9.18. The van der Waals surface area contributed by atoms with E-state index in [1.54, 1.807) is 12.1 Å². The second-order valence-corrected chi connectivity index (χ2v) is 3.14. The van der Waals surface area contributed by atoms with Gasteiger partial charge in [-0.2, -0.15) is 0 Å². The molecule has 0 bridgehead atoms. The maximum Gasteiger partial charge on any atom is 0.213 e. The third-order valence-corrected chi connectivity index (χ3v) is 2.20. The molecule has 0 atom stereocenters. The molecule has 0 spiro atoms. The standard InChI is InChI=1S/C11H11NO3/c1-15-9-6-7-4-2-3-5-8(7)10(12-9)11(13)14/h2-6,11,13-14H,1H3. The van der Waals surface area contributed by atoms with Crippen LogP contribution in [0, 0.1) is 0 Å². The number of benzene rings is 1. The third-order valence-electron chi connectivity index (χ3n) is 2.20. The van der Waals surface area contributed by atoms with E-state index >= 15 is 0 Å². The average Bonchev–Trinajstić information content (AvgIpc) is 2.27. The number of nitrogens with zero attached hydrogens (tertiary/aromatic N) is 1. The Morgan fingerprint density at radius 2 is 2.00 bits per heavy atom. The highest BCUT2D eigenvalue weighted by Crippen LogP contribution is 2.24. The monoisotopic (exact) mass is 205 g/mol. The molecule has 0 unspecified atom stereocenters. The van der Waals surface area contributed by atoms with Gasteiger partial charge in [0.2, 0.25) is 5.88 Å². The van der Waals surface area contributed by atoms with Gasteiger partial charge in [0, 0.05) is 11.5 Å². The number of aliphatic hydroxyl groups is 2. The van der Waals surface area contributed by atoms with Crippen LogP contribution in [0.4, 0.5) is 0 Å². The first-order valence-corrected chi connectivity index (χ1v) is 4.52. The SMILES string of the molecule is COc1cc2ccccc2c(C(O)O)n1. The fraction of sp³-hybridized carbons (Fsp3) is 0.182. The summed E-state index contributed by atoms with van der Waals surface area (Å²) in [7, 11) is 1.49. The summed E-state index contributed by atoms with van der Waals surface area (Å²) in [5.41, 5.74) is 0.213. The zero-order valence-corrected chi connectivity index (χ0v) is 8.21. The molecule has 4 nitrogen and oxygen atoms in total. The molecular weight excluding hydrogens is 194 g/mol. The van der Waals surface area contributed by atoms with Crippen molar-refractivity contribution in [3.63, 3.8) is 0 Å². The summed E-state index contributed by atoms with van der Waals surface area (Å²) in [4.78, 5) is 4.00. The van der Waals surface area contributed by atoms with E-state index in [2.05, 4.69) is 4.98 Å². The Balaban J connectivity index is 2.74. The van der Waals surface area contributed by atoms with Crippen LogP contribution < -0.4 is 4.74 Å². The second-order valence-electron chi connectivity index (χ2n) is 3.14. The van der Waals surface area contributed by atoms with E-state index in [0.717, 1.165) is 5.39 Å². The number of fused-ring (bicyclic) bond motifs is 1. The zero-order chi connectivity index (χ0) is 10.8. The van der Waals surface area contributed by atoms with Crippen LogP contribution in [0.5, 0.6) is 5.88 Å². The minimum Gasteiger partial charge on any atom is -0.481 e. The highest BCUT2D eigenvalue weighted by molar-refractivity contribution is 5.85. The third kappa shape index (κ3) is 1.77. The highest BCUT2D eigenvalue weighted by atomic mass is 16.5. The molecule has 0 amide bonds. The fourth-order valence-electron chi connectivity index (χ4n) is 1.50. The zero-order valence-electron chi connectivity index (χ0n) is 8.21. The van der Waals surface area contributed by atoms with Crippen molar-refractivity contribution in [2.45, 2.75) is 6.29 Å². The molecule has 0 radical (unpaired) electrons. The number of aliphatic hydroxyl groups excluding tert-OH is 1. The Kier molecular flexibility index (Phi) is 2.53. The van der Waals surface area contributed by atoms with Crippen LogP contribution >= 0.6 is 0 Å². The quantitative estimate of drug-likeness (QED) is 0.724. The lowest BCUT2D eigenvalue weighted by Crippen LogP contribution is -2.01. The molecule has 0 aliphatic rings. The summed E-state index contributed by atoms with van der Waals surface area (Å²) in [5.74, 6) is 0.372. The minimum atomic E-state index is -1.59. The minimum absolute atomic E-state index is 0.213. The van der Waals surface area contributed by atoms with Crippen molar-refractivity contribution in [1.29, 1.82) is 0 Å². The van der Waals surface area contributed by atoms with Gasteiger partial charge >= 0.3 is 0 Å². The van der Waals surface area contributed by atoms with Gasteiger partial charge in [-0.15, -0.1) is 0 Å². The van der Waals surface area contributed by atoms with E-state index in [0.29, 0.717) is 11.3 Å². The van der Waals surface area contributed by atoms with Crippen LogP contribution in [-0.4, -0.2) is 22.3 Å². The largest absolute Gasteiger partial charge is 0.481 e. The van der Waals surface area contributed by atoms with Crippen molar-refractivity contribution in [2.24, 2.45) is 0 Å². The van der Waals surface area contributed by atoms with Crippen molar-refractivity contribution in [2.75, 3.05) is 7.11 Å². The molecule has 15 heavy (non-hydrogen) atoms. The van der Waals surface area contributed by atoms with Crippen molar-refractivity contribution in [1.82, 2.24) is 4.98 Å². The Morgan fingerprint density at radius 3 is 2.67 bits per heavy atom. The molecule has 2 aromatic rings. The van der Waals surface area contributed by atoms with Crippen LogP contribution in [0.3, 0.4) is 0 Å². The predicted octanol–water partition coefficient (Wildman–Crippen LogP) is 1.23. The maximum absolute atomic E-state index is 9.18. The van der Waals surface area contributed by atoms with E-state index in [4.69, 9.17) is 4.74 Å². The molecule has 0 saturated carbocycles. The van der Waals surface area contributed by atoms with Gasteiger partial charge in [0.1, 0.15) is 5.69 Å². The number of ether oxygens (including phenoxy) is 1. The molecule has 0 saturated heterocycles. The highest BCUT2D eigenvalue weighted by Gasteiger charge is 2.11. The van der Waals surface area contributed by atoms with Gasteiger partial charge in [-0.05, 0) is 5.39 Å². The summed E-state index contributed by atoms with van der Waals surface area (Å²) in [6.07, 6.45) is -1.59. The van der Waals surface area contributed by atoms with Crippen LogP contribution in [-0.2, 0) is 0 Å². The average molecular weight is 205 g/mol. The van der Waals surface area contributed by atoms with Gasteiger partial charge < -0.3 is 14.9 Å². The lowest BCUT2D eigenvalue weighted by molar-refractivity contribution is -0.0448. The fourth-order valence-corrected chi connectivity index (χ4v) is 1.50. The van der Waals surface area contributed by atoms with Gasteiger partial charge in [0.05, 0.1) is 7.11 Å². The molecule has 0 aliphatic carbocycles. The van der Waals surface area contributed by atoms with Gasteiger partial charge in [0.15, 0.2) is 6.29 Å². The Hall–Kier alpha value is -1.65. The molecule has 1 aromatic heterocycles. The molecule has 4 heteroatoms. The normalized spacial score (nSPS) is 10.9. The first kappa shape index (κ1) is 9.89. The number of pyridine rings is 1. The first-order chi connectivity index (χ1) is 7.22. The molecule has 0 fully saturated rings. The molecule has 2 rings (SSSR count). The number of aromatic nitrogens is 1. The van der Waals surface area contributed by atoms with Crippen molar-refractivity contribution < 1.29 is 14.9 Å². The van der Waals surface area contributed by atoms with Gasteiger partial charge in [-0.25, -0.2) is 4.98 Å². The molecule has 1 aromatic carbocycles. The Morgan fingerprint density at radius 1 is 1.27 bits per heavy atom. The lowest BCUT2D eigenvalue weighted by atomic mass is 10.1. The summed E-state index contributed by atoms with van der Waals surface area (Å²) >= 11 is 0. The Bertz CT molecular complexity index is 482. The summed E-state index contributed by atoms with van der Waals surface area (Å²) in [5, 5.41) is 19.9. The lowest BCUT2D eigenvalue weighted by Gasteiger charge is -2.09. The predicted molar refractivity (Wildman–Crippen MR) is 55.5 cm³/mol. The summed E-state index contributed by atoms with van der Waals surface area (Å²) in [6.45, 7) is 0.